The van der Waals surface area contributed by atoms with E-state index in [9.17, 15) is 0 Å². The summed E-state index contributed by atoms with van der Waals surface area (Å²) in [5, 5.41) is 35.3. The summed E-state index contributed by atoms with van der Waals surface area (Å²) in [6.45, 7) is 0. The summed E-state index contributed by atoms with van der Waals surface area (Å²) < 4.78 is 6.08. The minimum Gasteiger partial charge on any atom is -0.462 e. The third kappa shape index (κ3) is 9.40. The number of rotatable bonds is 10. The van der Waals surface area contributed by atoms with E-state index in [1.54, 1.807) is 0 Å². The van der Waals surface area contributed by atoms with Gasteiger partial charge in [0.25, 0.3) is 0 Å². The van der Waals surface area contributed by atoms with Gasteiger partial charge < -0.3 is 4.74 Å². The fourth-order valence-electron chi connectivity index (χ4n) is 4.93. The van der Waals surface area contributed by atoms with Crippen LogP contribution in [0.2, 0.25) is 0 Å². The molecule has 0 amide bonds. The van der Waals surface area contributed by atoms with Gasteiger partial charge in [0.1, 0.15) is 11.5 Å². The first-order chi connectivity index (χ1) is 22.2. The van der Waals surface area contributed by atoms with Gasteiger partial charge in [-0.25, -0.2) is 0 Å². The predicted octanol–water partition coefficient (Wildman–Crippen LogP) is 11.7. The fourth-order valence-corrected chi connectivity index (χ4v) is 4.93. The average molecular weight is 597 g/mol. The van der Waals surface area contributed by atoms with Crippen molar-refractivity contribution in [2.45, 2.75) is 64.2 Å². The predicted molar refractivity (Wildman–Crippen MR) is 175 cm³/mol. The molecule has 45 heavy (non-hydrogen) atoms. The highest BCUT2D eigenvalue weighted by molar-refractivity contribution is 5.41. The normalized spacial score (nSPS) is 20.5. The smallest absolute Gasteiger partial charge is 0.127 e. The Morgan fingerprint density at radius 2 is 0.778 bits per heavy atom. The molecule has 0 bridgehead atoms. The van der Waals surface area contributed by atoms with Crippen molar-refractivity contribution < 1.29 is 4.74 Å². The molecule has 0 N–H and O–H groups in total. The molecule has 5 aliphatic rings. The van der Waals surface area contributed by atoms with Crippen molar-refractivity contribution in [3.63, 3.8) is 0 Å². The molecule has 0 spiro atoms. The molecule has 1 aromatic rings. The van der Waals surface area contributed by atoms with Gasteiger partial charge in [-0.05, 0) is 131 Å². The van der Waals surface area contributed by atoms with Gasteiger partial charge in [0, 0.05) is 6.42 Å². The Morgan fingerprint density at radius 1 is 0.378 bits per heavy atom. The van der Waals surface area contributed by atoms with Crippen LogP contribution in [0.4, 0.5) is 5.69 Å². The van der Waals surface area contributed by atoms with Crippen LogP contribution in [-0.4, -0.2) is 0 Å². The van der Waals surface area contributed by atoms with E-state index in [4.69, 9.17) is 4.74 Å². The van der Waals surface area contributed by atoms with Crippen molar-refractivity contribution in [1.82, 2.24) is 0 Å². The number of benzene rings is 1. The summed E-state index contributed by atoms with van der Waals surface area (Å²) >= 11 is 0. The minimum atomic E-state index is 0.763. The third-order valence-corrected chi connectivity index (χ3v) is 7.58. The maximum atomic E-state index is 6.08. The second kappa shape index (κ2) is 15.5. The van der Waals surface area contributed by atoms with Gasteiger partial charge in [0.05, 0.1) is 45.6 Å². The Balaban J connectivity index is 0.964. The van der Waals surface area contributed by atoms with Crippen LogP contribution in [0.5, 0.6) is 5.75 Å². The number of allylic oxidation sites excluding steroid dienone is 20. The lowest BCUT2D eigenvalue weighted by molar-refractivity contribution is 0.400. The first-order valence-corrected chi connectivity index (χ1v) is 15.6. The summed E-state index contributed by atoms with van der Waals surface area (Å²) in [6, 6.07) is 7.65. The molecule has 0 unspecified atom stereocenters. The highest BCUT2D eigenvalue weighted by Gasteiger charge is 2.11. The van der Waals surface area contributed by atoms with Crippen LogP contribution in [0.25, 0.3) is 0 Å². The van der Waals surface area contributed by atoms with Crippen LogP contribution in [0.1, 0.15) is 64.2 Å². The molecular weight excluding hydrogens is 560 g/mol. The van der Waals surface area contributed by atoms with Crippen molar-refractivity contribution in [3.8, 4) is 5.75 Å². The van der Waals surface area contributed by atoms with Crippen LogP contribution in [0.3, 0.4) is 0 Å². The van der Waals surface area contributed by atoms with Crippen LogP contribution in [0.15, 0.2) is 184 Å². The van der Waals surface area contributed by atoms with Gasteiger partial charge in [-0.15, -0.1) is 0 Å². The molecular formula is C36H36N8O. The van der Waals surface area contributed by atoms with Gasteiger partial charge in [-0.2, -0.15) is 40.9 Å². The highest BCUT2D eigenvalue weighted by Crippen LogP contribution is 2.28. The van der Waals surface area contributed by atoms with E-state index in [2.05, 4.69) is 53.1 Å². The van der Waals surface area contributed by atoms with Gasteiger partial charge in [-0.1, -0.05) is 24.3 Å². The SMILES string of the molecule is C1=CCCC(N=NC2=CC=C(N=NC3=CC=C(Oc4ccc(N=NC5=CC=C(N=NC6=CC=CCC6)CC5)cc4)CC3)CC2)=C1. The zero-order valence-corrected chi connectivity index (χ0v) is 25.3. The second-order valence-corrected chi connectivity index (χ2v) is 11.1. The number of hydrogen-bond donors (Lipinski definition) is 0. The Bertz CT molecular complexity index is 1700. The maximum Gasteiger partial charge on any atom is 0.127 e. The summed E-state index contributed by atoms with van der Waals surface area (Å²) in [4.78, 5) is 0. The Morgan fingerprint density at radius 3 is 1.16 bits per heavy atom. The van der Waals surface area contributed by atoms with Crippen molar-refractivity contribution in [3.05, 3.63) is 143 Å². The van der Waals surface area contributed by atoms with Crippen LogP contribution < -0.4 is 4.74 Å². The zero-order valence-electron chi connectivity index (χ0n) is 25.3. The van der Waals surface area contributed by atoms with E-state index in [0.717, 1.165) is 121 Å². The van der Waals surface area contributed by atoms with Crippen LogP contribution in [-0.2, 0) is 0 Å². The number of ether oxygens (including phenoxy) is 1. The molecule has 9 heteroatoms. The molecule has 0 heterocycles. The van der Waals surface area contributed by atoms with E-state index < -0.39 is 0 Å². The van der Waals surface area contributed by atoms with Crippen molar-refractivity contribution >= 4 is 5.69 Å². The number of hydrogen-bond acceptors (Lipinski definition) is 9. The van der Waals surface area contributed by atoms with Crippen molar-refractivity contribution in [2.24, 2.45) is 40.9 Å². The second-order valence-electron chi connectivity index (χ2n) is 11.1. The lowest BCUT2D eigenvalue weighted by Gasteiger charge is -2.13. The van der Waals surface area contributed by atoms with E-state index >= 15 is 0 Å². The van der Waals surface area contributed by atoms with Crippen LogP contribution >= 0.6 is 0 Å². The summed E-state index contributed by atoms with van der Waals surface area (Å²) in [6.07, 6.45) is 32.9. The van der Waals surface area contributed by atoms with Gasteiger partial charge in [-0.3, -0.25) is 0 Å². The monoisotopic (exact) mass is 596 g/mol. The molecule has 226 valence electrons. The first-order valence-electron chi connectivity index (χ1n) is 15.6. The summed E-state index contributed by atoms with van der Waals surface area (Å²) in [5.74, 6) is 1.66. The molecule has 9 nitrogen and oxygen atoms in total. The summed E-state index contributed by atoms with van der Waals surface area (Å²) in [5.41, 5.74) is 7.57. The summed E-state index contributed by atoms with van der Waals surface area (Å²) in [7, 11) is 0. The van der Waals surface area contributed by atoms with Gasteiger partial charge >= 0.3 is 0 Å². The zero-order chi connectivity index (χ0) is 30.5. The van der Waals surface area contributed by atoms with E-state index in [1.807, 2.05) is 85.0 Å². The van der Waals surface area contributed by atoms with Gasteiger partial charge in [0.15, 0.2) is 0 Å². The van der Waals surface area contributed by atoms with E-state index in [0.29, 0.717) is 0 Å². The first kappa shape index (κ1) is 29.9. The lowest BCUT2D eigenvalue weighted by atomic mass is 10.1. The average Bonchev–Trinajstić information content (AvgIpc) is 3.11. The van der Waals surface area contributed by atoms with E-state index in [-0.39, 0.29) is 0 Å². The van der Waals surface area contributed by atoms with Crippen molar-refractivity contribution in [1.29, 1.82) is 0 Å². The van der Waals surface area contributed by atoms with Crippen molar-refractivity contribution in [2.75, 3.05) is 0 Å². The fraction of sp³-hybridized carbons (Fsp3) is 0.278. The molecule has 0 fully saturated rings. The third-order valence-electron chi connectivity index (χ3n) is 7.58. The Kier molecular flexibility index (Phi) is 10.3. The molecule has 6 rings (SSSR count). The van der Waals surface area contributed by atoms with E-state index in [1.165, 1.54) is 0 Å². The molecule has 1 aromatic carbocycles. The number of azo groups is 4. The molecule has 0 radical (unpaired) electrons. The molecule has 0 saturated carbocycles. The molecule has 0 atom stereocenters. The maximum absolute atomic E-state index is 6.08. The minimum absolute atomic E-state index is 0.763. The standard InChI is InChI=1S/C36H36N8O/c1-3-7-27(8-4-1)37-39-29-11-15-31(16-12-29)41-43-33-19-23-35(24-20-33)45-36-25-21-34(22-26-36)44-42-32-17-13-30(14-18-32)40-38-28-9-5-2-6-10-28/h1-3,5,7,9,11,13,15,17,19-21,23-25H,4,6,8,10,12,14,16,18,22,26H2. The molecule has 5 aliphatic carbocycles. The molecule has 0 saturated heterocycles. The number of nitrogens with zero attached hydrogens (tertiary/aromatic N) is 8. The molecule has 0 aromatic heterocycles. The van der Waals surface area contributed by atoms with Gasteiger partial charge in [0.2, 0.25) is 0 Å². The largest absolute Gasteiger partial charge is 0.462 e. The topological polar surface area (TPSA) is 108 Å². The molecule has 0 aliphatic heterocycles. The van der Waals surface area contributed by atoms with Crippen LogP contribution in [0, 0.1) is 0 Å². The quantitative estimate of drug-likeness (QED) is 0.246. The Labute approximate surface area is 263 Å². The lowest BCUT2D eigenvalue weighted by Crippen LogP contribution is -1.99. The Hall–Kier alpha value is -5.18. The highest BCUT2D eigenvalue weighted by atomic mass is 16.5.